The third kappa shape index (κ3) is 3.29. The third-order valence-electron chi connectivity index (χ3n) is 1.81. The molecule has 1 aromatic heterocycles. The van der Waals surface area contributed by atoms with Gasteiger partial charge in [-0.25, -0.2) is 4.98 Å². The van der Waals surface area contributed by atoms with Gasteiger partial charge >= 0.3 is 6.36 Å². The van der Waals surface area contributed by atoms with Gasteiger partial charge < -0.3 is 4.74 Å². The molecule has 0 spiro atoms. The van der Waals surface area contributed by atoms with Gasteiger partial charge in [0, 0.05) is 6.07 Å². The largest absolute Gasteiger partial charge is 0.574 e. The average Bonchev–Trinajstić information content (AvgIpc) is 2.18. The summed E-state index contributed by atoms with van der Waals surface area (Å²) in [5.74, 6) is -1.08. The van der Waals surface area contributed by atoms with Gasteiger partial charge in [0.25, 0.3) is 10.9 Å². The van der Waals surface area contributed by atoms with Crippen molar-refractivity contribution in [3.63, 3.8) is 0 Å². The molecule has 0 N–H and O–H groups in total. The highest BCUT2D eigenvalue weighted by Crippen LogP contribution is 2.31. The molecule has 1 aromatic rings. The zero-order valence-electron chi connectivity index (χ0n) is 8.62. The molecule has 0 saturated heterocycles. The number of nitrogens with zero attached hydrogens (tertiary/aromatic N) is 2. The maximum atomic E-state index is 12.0. The van der Waals surface area contributed by atoms with E-state index in [1.807, 2.05) is 0 Å². The summed E-state index contributed by atoms with van der Waals surface area (Å²) in [5, 5.41) is 9.37. The monoisotopic (exact) mass is 284 g/mol. The summed E-state index contributed by atoms with van der Waals surface area (Å²) < 4.78 is 39.6. The Morgan fingerprint density at radius 2 is 2.11 bits per heavy atom. The SMILES string of the molecule is Cc1c([N+](=O)[O-])cc(C(=O)Cl)nc1OC(F)(F)F. The molecular weight excluding hydrogens is 281 g/mol. The molecule has 1 rings (SSSR count). The van der Waals surface area contributed by atoms with Crippen molar-refractivity contribution in [1.29, 1.82) is 0 Å². The summed E-state index contributed by atoms with van der Waals surface area (Å²) >= 11 is 5.01. The number of halogens is 4. The van der Waals surface area contributed by atoms with Crippen molar-refractivity contribution in [3.05, 3.63) is 27.4 Å². The van der Waals surface area contributed by atoms with Crippen LogP contribution in [0.1, 0.15) is 16.1 Å². The first-order chi connectivity index (χ1) is 8.11. The molecular formula is C8H4ClF3N2O4. The number of ether oxygens (including phenoxy) is 1. The van der Waals surface area contributed by atoms with Crippen LogP contribution >= 0.6 is 11.6 Å². The van der Waals surface area contributed by atoms with Gasteiger partial charge in [-0.05, 0) is 18.5 Å². The molecule has 0 aromatic carbocycles. The van der Waals surface area contributed by atoms with Gasteiger partial charge in [0.1, 0.15) is 5.69 Å². The summed E-state index contributed by atoms with van der Waals surface area (Å²) in [7, 11) is 0. The topological polar surface area (TPSA) is 82.3 Å². The number of hydrogen-bond donors (Lipinski definition) is 0. The molecule has 18 heavy (non-hydrogen) atoms. The molecule has 0 radical (unpaired) electrons. The van der Waals surface area contributed by atoms with Crippen LogP contribution in [-0.2, 0) is 0 Å². The highest BCUT2D eigenvalue weighted by atomic mass is 35.5. The molecule has 1 heterocycles. The zero-order valence-corrected chi connectivity index (χ0v) is 9.37. The Morgan fingerprint density at radius 1 is 1.56 bits per heavy atom. The minimum atomic E-state index is -5.08. The van der Waals surface area contributed by atoms with Crippen LogP contribution in [0.25, 0.3) is 0 Å². The van der Waals surface area contributed by atoms with Crippen molar-refractivity contribution in [2.75, 3.05) is 0 Å². The Bertz CT molecular complexity index is 518. The van der Waals surface area contributed by atoms with Crippen LogP contribution in [0, 0.1) is 17.0 Å². The van der Waals surface area contributed by atoms with Crippen LogP contribution in [0.3, 0.4) is 0 Å². The predicted octanol–water partition coefficient (Wildman–Crippen LogP) is 2.58. The van der Waals surface area contributed by atoms with Gasteiger partial charge in [-0.2, -0.15) is 0 Å². The molecule has 98 valence electrons. The Morgan fingerprint density at radius 3 is 2.50 bits per heavy atom. The van der Waals surface area contributed by atoms with Crippen molar-refractivity contribution in [3.8, 4) is 5.88 Å². The van der Waals surface area contributed by atoms with Crippen molar-refractivity contribution >= 4 is 22.5 Å². The maximum Gasteiger partial charge on any atom is 0.574 e. The Kier molecular flexibility index (Phi) is 3.75. The van der Waals surface area contributed by atoms with Gasteiger partial charge in [0.15, 0.2) is 0 Å². The van der Waals surface area contributed by atoms with Crippen molar-refractivity contribution < 1.29 is 27.6 Å². The van der Waals surface area contributed by atoms with E-state index in [-0.39, 0.29) is 0 Å². The molecule has 10 heteroatoms. The Hall–Kier alpha value is -1.90. The zero-order chi connectivity index (χ0) is 14.1. The van der Waals surface area contributed by atoms with Gasteiger partial charge in [0.05, 0.1) is 10.5 Å². The molecule has 0 aliphatic heterocycles. The second-order valence-electron chi connectivity index (χ2n) is 3.04. The first-order valence-corrected chi connectivity index (χ1v) is 4.61. The molecule has 6 nitrogen and oxygen atoms in total. The average molecular weight is 285 g/mol. The second kappa shape index (κ2) is 4.77. The van der Waals surface area contributed by atoms with Gasteiger partial charge in [-0.15, -0.1) is 13.2 Å². The van der Waals surface area contributed by atoms with E-state index < -0.39 is 39.4 Å². The summed E-state index contributed by atoms with van der Waals surface area (Å²) in [6.07, 6.45) is -5.08. The van der Waals surface area contributed by atoms with E-state index in [9.17, 15) is 28.1 Å². The molecule has 0 aliphatic rings. The van der Waals surface area contributed by atoms with Crippen LogP contribution < -0.4 is 4.74 Å². The second-order valence-corrected chi connectivity index (χ2v) is 3.38. The standard InChI is InChI=1S/C8H4ClF3N2O4/c1-3-5(14(16)17)2-4(6(9)15)13-7(3)18-8(10,11)12/h2H,1H3. The highest BCUT2D eigenvalue weighted by molar-refractivity contribution is 6.67. The highest BCUT2D eigenvalue weighted by Gasteiger charge is 2.34. The number of carbonyl (C=O) groups is 1. The number of alkyl halides is 3. The Labute approximate surface area is 102 Å². The lowest BCUT2D eigenvalue weighted by Gasteiger charge is -2.10. The van der Waals surface area contributed by atoms with Crippen LogP contribution in [0.5, 0.6) is 5.88 Å². The van der Waals surface area contributed by atoms with Crippen LogP contribution in [0.4, 0.5) is 18.9 Å². The fourth-order valence-electron chi connectivity index (χ4n) is 1.07. The number of hydrogen-bond acceptors (Lipinski definition) is 5. The molecule has 0 bridgehead atoms. The fourth-order valence-corrected chi connectivity index (χ4v) is 1.17. The van der Waals surface area contributed by atoms with E-state index in [0.29, 0.717) is 6.07 Å². The van der Waals surface area contributed by atoms with Crippen LogP contribution in [0.15, 0.2) is 6.07 Å². The lowest BCUT2D eigenvalue weighted by atomic mass is 10.2. The molecule has 0 saturated carbocycles. The predicted molar refractivity (Wildman–Crippen MR) is 52.5 cm³/mol. The lowest BCUT2D eigenvalue weighted by molar-refractivity contribution is -0.385. The minimum absolute atomic E-state index is 0.459. The number of carbonyl (C=O) groups excluding carboxylic acids is 1. The van der Waals surface area contributed by atoms with Gasteiger partial charge in [-0.1, -0.05) is 0 Å². The number of rotatable bonds is 3. The Balaban J connectivity index is 3.40. The minimum Gasteiger partial charge on any atom is -0.387 e. The summed E-state index contributed by atoms with van der Waals surface area (Å²) in [6, 6.07) is 0.675. The fraction of sp³-hybridized carbons (Fsp3) is 0.250. The lowest BCUT2D eigenvalue weighted by Crippen LogP contribution is -2.19. The normalized spacial score (nSPS) is 11.2. The van der Waals surface area contributed by atoms with E-state index in [2.05, 4.69) is 9.72 Å². The summed E-state index contributed by atoms with van der Waals surface area (Å²) in [6.45, 7) is 1.01. The quantitative estimate of drug-likeness (QED) is 0.484. The van der Waals surface area contributed by atoms with E-state index in [1.165, 1.54) is 0 Å². The van der Waals surface area contributed by atoms with Crippen molar-refractivity contribution in [2.24, 2.45) is 0 Å². The van der Waals surface area contributed by atoms with Crippen molar-refractivity contribution in [1.82, 2.24) is 4.98 Å². The van der Waals surface area contributed by atoms with E-state index in [1.54, 1.807) is 0 Å². The molecule has 0 aliphatic carbocycles. The molecule has 0 atom stereocenters. The third-order valence-corrected chi connectivity index (χ3v) is 2.00. The first-order valence-electron chi connectivity index (χ1n) is 4.23. The number of pyridine rings is 1. The molecule has 0 fully saturated rings. The summed E-state index contributed by atoms with van der Waals surface area (Å²) in [5.41, 5.74) is -1.90. The van der Waals surface area contributed by atoms with Crippen LogP contribution in [-0.4, -0.2) is 21.5 Å². The van der Waals surface area contributed by atoms with Gasteiger partial charge in [-0.3, -0.25) is 14.9 Å². The van der Waals surface area contributed by atoms with E-state index >= 15 is 0 Å². The first kappa shape index (κ1) is 14.2. The van der Waals surface area contributed by atoms with Crippen molar-refractivity contribution in [2.45, 2.75) is 13.3 Å². The van der Waals surface area contributed by atoms with Crippen LogP contribution in [0.2, 0.25) is 0 Å². The van der Waals surface area contributed by atoms with Gasteiger partial charge in [0.2, 0.25) is 5.88 Å². The molecule has 0 amide bonds. The molecule has 0 unspecified atom stereocenters. The number of nitro groups is 1. The van der Waals surface area contributed by atoms with E-state index in [4.69, 9.17) is 11.6 Å². The maximum absolute atomic E-state index is 12.0. The van der Waals surface area contributed by atoms with E-state index in [0.717, 1.165) is 6.92 Å². The summed E-state index contributed by atoms with van der Waals surface area (Å²) in [4.78, 5) is 23.6. The smallest absolute Gasteiger partial charge is 0.387 e. The number of aromatic nitrogens is 1.